The molecule has 0 N–H and O–H groups in total. The standard InChI is InChI=1S/C14H22N2O3/c1-9(10(2)17)14-15-13(16-19-14)12(18-3)11-7-5-4-6-8-11/h9,11-12H,4-8H2,1-3H3. The summed E-state index contributed by atoms with van der Waals surface area (Å²) in [4.78, 5) is 15.7. The number of hydrogen-bond acceptors (Lipinski definition) is 5. The van der Waals surface area contributed by atoms with Gasteiger partial charge in [-0.2, -0.15) is 4.98 Å². The third-order valence-corrected chi connectivity index (χ3v) is 4.02. The average molecular weight is 266 g/mol. The quantitative estimate of drug-likeness (QED) is 0.819. The molecule has 106 valence electrons. The molecule has 1 fully saturated rings. The fourth-order valence-corrected chi connectivity index (χ4v) is 2.66. The molecule has 0 radical (unpaired) electrons. The SMILES string of the molecule is COC(c1noc(C(C)C(C)=O)n1)C1CCCCC1. The lowest BCUT2D eigenvalue weighted by molar-refractivity contribution is -0.118. The van der Waals surface area contributed by atoms with Crippen LogP contribution in [0.5, 0.6) is 0 Å². The van der Waals surface area contributed by atoms with E-state index in [9.17, 15) is 4.79 Å². The molecule has 1 aliphatic rings. The van der Waals surface area contributed by atoms with E-state index in [1.165, 1.54) is 26.2 Å². The molecule has 19 heavy (non-hydrogen) atoms. The molecular formula is C14H22N2O3. The maximum absolute atomic E-state index is 11.3. The van der Waals surface area contributed by atoms with Gasteiger partial charge in [-0.1, -0.05) is 24.4 Å². The van der Waals surface area contributed by atoms with Crippen LogP contribution in [0.1, 0.15) is 69.7 Å². The molecule has 0 aromatic carbocycles. The van der Waals surface area contributed by atoms with E-state index < -0.39 is 0 Å². The zero-order chi connectivity index (χ0) is 13.8. The fourth-order valence-electron chi connectivity index (χ4n) is 2.66. The Morgan fingerprint density at radius 1 is 1.37 bits per heavy atom. The number of rotatable bonds is 5. The molecule has 0 aliphatic heterocycles. The Bertz CT molecular complexity index is 424. The van der Waals surface area contributed by atoms with E-state index in [1.54, 1.807) is 14.0 Å². The predicted molar refractivity (Wildman–Crippen MR) is 69.7 cm³/mol. The van der Waals surface area contributed by atoms with Crippen LogP contribution in [0.3, 0.4) is 0 Å². The highest BCUT2D eigenvalue weighted by atomic mass is 16.5. The minimum Gasteiger partial charge on any atom is -0.373 e. The molecule has 2 unspecified atom stereocenters. The Kier molecular flexibility index (Phi) is 4.69. The summed E-state index contributed by atoms with van der Waals surface area (Å²) in [6.45, 7) is 3.31. The first kappa shape index (κ1) is 14.2. The Morgan fingerprint density at radius 2 is 2.05 bits per heavy atom. The van der Waals surface area contributed by atoms with Crippen LogP contribution in [0.25, 0.3) is 0 Å². The van der Waals surface area contributed by atoms with Gasteiger partial charge in [-0.25, -0.2) is 0 Å². The molecular weight excluding hydrogens is 244 g/mol. The van der Waals surface area contributed by atoms with Gasteiger partial charge in [0.05, 0.1) is 5.92 Å². The molecule has 1 heterocycles. The minimum absolute atomic E-state index is 0.0295. The smallest absolute Gasteiger partial charge is 0.237 e. The minimum atomic E-state index is -0.342. The lowest BCUT2D eigenvalue weighted by Gasteiger charge is -2.26. The highest BCUT2D eigenvalue weighted by molar-refractivity contribution is 5.81. The van der Waals surface area contributed by atoms with Gasteiger partial charge >= 0.3 is 0 Å². The van der Waals surface area contributed by atoms with Crippen LogP contribution in [0.4, 0.5) is 0 Å². The van der Waals surface area contributed by atoms with Gasteiger partial charge in [0.15, 0.2) is 0 Å². The van der Waals surface area contributed by atoms with Crippen molar-refractivity contribution in [2.45, 2.75) is 58.0 Å². The van der Waals surface area contributed by atoms with Crippen LogP contribution < -0.4 is 0 Å². The van der Waals surface area contributed by atoms with Crippen molar-refractivity contribution in [3.05, 3.63) is 11.7 Å². The van der Waals surface area contributed by atoms with Crippen LogP contribution in [0.2, 0.25) is 0 Å². The molecule has 0 amide bonds. The van der Waals surface area contributed by atoms with E-state index in [-0.39, 0.29) is 17.8 Å². The largest absolute Gasteiger partial charge is 0.373 e. The van der Waals surface area contributed by atoms with Crippen molar-refractivity contribution in [1.29, 1.82) is 0 Å². The molecule has 2 rings (SSSR count). The number of carbonyl (C=O) groups excluding carboxylic acids is 1. The zero-order valence-corrected chi connectivity index (χ0v) is 11.9. The first-order valence-corrected chi connectivity index (χ1v) is 7.00. The number of carbonyl (C=O) groups is 1. The molecule has 1 aromatic rings. The van der Waals surface area contributed by atoms with Gasteiger partial charge < -0.3 is 9.26 Å². The van der Waals surface area contributed by atoms with Crippen molar-refractivity contribution in [1.82, 2.24) is 10.1 Å². The van der Waals surface area contributed by atoms with E-state index in [2.05, 4.69) is 10.1 Å². The van der Waals surface area contributed by atoms with Crippen LogP contribution in [0, 0.1) is 5.92 Å². The molecule has 0 spiro atoms. The van der Waals surface area contributed by atoms with Crippen molar-refractivity contribution >= 4 is 5.78 Å². The maximum atomic E-state index is 11.3. The van der Waals surface area contributed by atoms with Crippen molar-refractivity contribution in [3.63, 3.8) is 0 Å². The Labute approximate surface area is 113 Å². The Hall–Kier alpha value is -1.23. The van der Waals surface area contributed by atoms with E-state index in [1.807, 2.05) is 0 Å². The van der Waals surface area contributed by atoms with E-state index in [0.717, 1.165) is 12.8 Å². The summed E-state index contributed by atoms with van der Waals surface area (Å²) < 4.78 is 10.8. The van der Waals surface area contributed by atoms with Gasteiger partial charge in [-0.3, -0.25) is 4.79 Å². The Morgan fingerprint density at radius 3 is 2.63 bits per heavy atom. The second kappa shape index (κ2) is 6.28. The van der Waals surface area contributed by atoms with Crippen molar-refractivity contribution in [2.24, 2.45) is 5.92 Å². The van der Waals surface area contributed by atoms with E-state index in [0.29, 0.717) is 17.6 Å². The number of ketones is 1. The normalized spacial score (nSPS) is 20.2. The number of nitrogens with zero attached hydrogens (tertiary/aromatic N) is 2. The van der Waals surface area contributed by atoms with E-state index in [4.69, 9.17) is 9.26 Å². The molecule has 1 saturated carbocycles. The van der Waals surface area contributed by atoms with Gasteiger partial charge in [-0.15, -0.1) is 0 Å². The fraction of sp³-hybridized carbons (Fsp3) is 0.786. The van der Waals surface area contributed by atoms with Crippen LogP contribution in [-0.4, -0.2) is 23.0 Å². The second-order valence-electron chi connectivity index (χ2n) is 5.38. The van der Waals surface area contributed by atoms with Crippen LogP contribution in [0.15, 0.2) is 4.52 Å². The monoisotopic (exact) mass is 266 g/mol. The Balaban J connectivity index is 2.12. The van der Waals surface area contributed by atoms with Gasteiger partial charge in [0, 0.05) is 7.11 Å². The molecule has 5 nitrogen and oxygen atoms in total. The number of Topliss-reactive ketones (excluding diaryl/α,β-unsaturated/α-hetero) is 1. The summed E-state index contributed by atoms with van der Waals surface area (Å²) in [6, 6.07) is 0. The number of aromatic nitrogens is 2. The van der Waals surface area contributed by atoms with Gasteiger partial charge in [0.2, 0.25) is 11.7 Å². The van der Waals surface area contributed by atoms with Gasteiger partial charge in [-0.05, 0) is 32.6 Å². The molecule has 1 aliphatic carbocycles. The highest BCUT2D eigenvalue weighted by Crippen LogP contribution is 2.35. The van der Waals surface area contributed by atoms with Crippen LogP contribution in [-0.2, 0) is 9.53 Å². The summed E-state index contributed by atoms with van der Waals surface area (Å²) in [5.41, 5.74) is 0. The highest BCUT2D eigenvalue weighted by Gasteiger charge is 2.30. The maximum Gasteiger partial charge on any atom is 0.237 e. The first-order valence-electron chi connectivity index (χ1n) is 7.00. The zero-order valence-electron chi connectivity index (χ0n) is 11.9. The average Bonchev–Trinajstić information content (AvgIpc) is 2.89. The topological polar surface area (TPSA) is 65.2 Å². The predicted octanol–water partition coefficient (Wildman–Crippen LogP) is 3.03. The lowest BCUT2D eigenvalue weighted by Crippen LogP contribution is -2.19. The number of ether oxygens (including phenoxy) is 1. The third kappa shape index (κ3) is 3.21. The lowest BCUT2D eigenvalue weighted by atomic mass is 9.85. The summed E-state index contributed by atoms with van der Waals surface area (Å²) >= 11 is 0. The van der Waals surface area contributed by atoms with Gasteiger partial charge in [0.1, 0.15) is 11.9 Å². The summed E-state index contributed by atoms with van der Waals surface area (Å²) in [5, 5.41) is 4.00. The molecule has 0 saturated heterocycles. The van der Waals surface area contributed by atoms with E-state index >= 15 is 0 Å². The van der Waals surface area contributed by atoms with Crippen molar-refractivity contribution < 1.29 is 14.1 Å². The third-order valence-electron chi connectivity index (χ3n) is 4.02. The van der Waals surface area contributed by atoms with Gasteiger partial charge in [0.25, 0.3) is 0 Å². The van der Waals surface area contributed by atoms with Crippen LogP contribution >= 0.6 is 0 Å². The van der Waals surface area contributed by atoms with Crippen molar-refractivity contribution in [3.8, 4) is 0 Å². The summed E-state index contributed by atoms with van der Waals surface area (Å²) in [6.07, 6.45) is 5.94. The second-order valence-corrected chi connectivity index (χ2v) is 5.38. The van der Waals surface area contributed by atoms with Crippen molar-refractivity contribution in [2.75, 3.05) is 7.11 Å². The molecule has 5 heteroatoms. The summed E-state index contributed by atoms with van der Waals surface area (Å²) in [5.74, 6) is 1.11. The number of methoxy groups -OCH3 is 1. The molecule has 0 bridgehead atoms. The molecule has 1 aromatic heterocycles. The summed E-state index contributed by atoms with van der Waals surface area (Å²) in [7, 11) is 1.68. The first-order chi connectivity index (χ1) is 9.13. The number of hydrogen-bond donors (Lipinski definition) is 0. The molecule has 2 atom stereocenters.